The second-order valence-corrected chi connectivity index (χ2v) is 4.21. The number of hydrogen-bond acceptors (Lipinski definition) is 1. The van der Waals surface area contributed by atoms with Crippen LogP contribution < -0.4 is 0 Å². The predicted molar refractivity (Wildman–Crippen MR) is 56.7 cm³/mol. The molecular weight excluding hydrogens is 174 g/mol. The van der Waals surface area contributed by atoms with E-state index in [0.29, 0.717) is 11.8 Å². The lowest BCUT2D eigenvalue weighted by molar-refractivity contribution is -0.125. The molecule has 1 aliphatic carbocycles. The number of fused-ring (bicyclic) bond motifs is 1. The highest BCUT2D eigenvalue weighted by atomic mass is 16.2. The third kappa shape index (κ3) is 1.74. The normalized spacial score (nSPS) is 31.1. The molecule has 2 atom stereocenters. The van der Waals surface area contributed by atoms with E-state index in [1.54, 1.807) is 6.08 Å². The van der Waals surface area contributed by atoms with Crippen LogP contribution in [0.1, 0.15) is 19.8 Å². The van der Waals surface area contributed by atoms with Crippen molar-refractivity contribution in [2.24, 2.45) is 11.8 Å². The van der Waals surface area contributed by atoms with Crippen LogP contribution in [0.3, 0.4) is 0 Å². The second kappa shape index (κ2) is 3.99. The fourth-order valence-corrected chi connectivity index (χ4v) is 2.44. The Morgan fingerprint density at radius 1 is 1.29 bits per heavy atom. The number of likely N-dealkylation sites (tertiary alicyclic amines) is 1. The molecule has 0 spiro atoms. The molecule has 1 fully saturated rings. The molecule has 1 amide bonds. The van der Waals surface area contributed by atoms with Gasteiger partial charge >= 0.3 is 0 Å². The van der Waals surface area contributed by atoms with E-state index in [0.717, 1.165) is 25.9 Å². The predicted octanol–water partition coefficient (Wildman–Crippen LogP) is 1.99. The number of nitrogens with zero attached hydrogens (tertiary/aromatic N) is 1. The third-order valence-corrected chi connectivity index (χ3v) is 3.24. The molecule has 76 valence electrons. The smallest absolute Gasteiger partial charge is 0.246 e. The maximum Gasteiger partial charge on any atom is 0.246 e. The first-order valence-electron chi connectivity index (χ1n) is 5.38. The van der Waals surface area contributed by atoms with Crippen molar-refractivity contribution >= 4 is 5.91 Å². The standard InChI is InChI=1S/C12H17NO/c1-2-5-12(14)13-8-10-6-3-4-7-11(10)9-13/h2-5,10-11H,6-9H2,1H3/b5-2+. The molecule has 1 saturated heterocycles. The van der Waals surface area contributed by atoms with Crippen LogP contribution in [0, 0.1) is 11.8 Å². The van der Waals surface area contributed by atoms with Crippen LogP contribution in [0.15, 0.2) is 24.3 Å². The highest BCUT2D eigenvalue weighted by Crippen LogP contribution is 2.32. The lowest BCUT2D eigenvalue weighted by Gasteiger charge is -2.17. The summed E-state index contributed by atoms with van der Waals surface area (Å²) in [5.74, 6) is 1.62. The molecule has 0 N–H and O–H groups in total. The topological polar surface area (TPSA) is 20.3 Å². The monoisotopic (exact) mass is 191 g/mol. The van der Waals surface area contributed by atoms with Crippen LogP contribution in [-0.2, 0) is 4.79 Å². The number of amides is 1. The van der Waals surface area contributed by atoms with E-state index < -0.39 is 0 Å². The number of rotatable bonds is 1. The summed E-state index contributed by atoms with van der Waals surface area (Å²) in [7, 11) is 0. The Hall–Kier alpha value is -1.05. The third-order valence-electron chi connectivity index (χ3n) is 3.24. The Balaban J connectivity index is 1.98. The first-order valence-corrected chi connectivity index (χ1v) is 5.38. The Labute approximate surface area is 85.3 Å². The van der Waals surface area contributed by atoms with Gasteiger partial charge in [0.25, 0.3) is 0 Å². The van der Waals surface area contributed by atoms with E-state index in [4.69, 9.17) is 0 Å². The number of carbonyl (C=O) groups excluding carboxylic acids is 1. The van der Waals surface area contributed by atoms with E-state index in [2.05, 4.69) is 12.2 Å². The summed E-state index contributed by atoms with van der Waals surface area (Å²) in [6.07, 6.45) is 10.3. The van der Waals surface area contributed by atoms with Gasteiger partial charge in [-0.05, 0) is 37.7 Å². The van der Waals surface area contributed by atoms with Crippen LogP contribution in [0.25, 0.3) is 0 Å². The second-order valence-electron chi connectivity index (χ2n) is 4.21. The molecule has 0 bridgehead atoms. The summed E-state index contributed by atoms with van der Waals surface area (Å²) in [6.45, 7) is 3.80. The minimum absolute atomic E-state index is 0.182. The van der Waals surface area contributed by atoms with Gasteiger partial charge in [0.2, 0.25) is 5.91 Å². The van der Waals surface area contributed by atoms with Crippen LogP contribution in [0.4, 0.5) is 0 Å². The Morgan fingerprint density at radius 2 is 1.86 bits per heavy atom. The van der Waals surface area contributed by atoms with Crippen molar-refractivity contribution in [3.8, 4) is 0 Å². The highest BCUT2D eigenvalue weighted by molar-refractivity contribution is 5.87. The van der Waals surface area contributed by atoms with E-state index in [9.17, 15) is 4.79 Å². The maximum absolute atomic E-state index is 11.6. The van der Waals surface area contributed by atoms with E-state index in [-0.39, 0.29) is 5.91 Å². The SMILES string of the molecule is C/C=C/C(=O)N1CC2CC=CCC2C1. The van der Waals surface area contributed by atoms with Gasteiger partial charge in [0, 0.05) is 13.1 Å². The van der Waals surface area contributed by atoms with Crippen molar-refractivity contribution in [1.29, 1.82) is 0 Å². The zero-order valence-corrected chi connectivity index (χ0v) is 8.65. The van der Waals surface area contributed by atoms with Gasteiger partial charge in [0.1, 0.15) is 0 Å². The molecule has 2 heteroatoms. The summed E-state index contributed by atoms with van der Waals surface area (Å²) in [6, 6.07) is 0. The summed E-state index contributed by atoms with van der Waals surface area (Å²) < 4.78 is 0. The van der Waals surface area contributed by atoms with Gasteiger partial charge < -0.3 is 4.90 Å². The minimum atomic E-state index is 0.182. The Kier molecular flexibility index (Phi) is 2.71. The molecule has 1 aliphatic heterocycles. The van der Waals surface area contributed by atoms with Crippen molar-refractivity contribution < 1.29 is 4.79 Å². The van der Waals surface area contributed by atoms with Crippen LogP contribution in [0.5, 0.6) is 0 Å². The van der Waals surface area contributed by atoms with Crippen LogP contribution in [-0.4, -0.2) is 23.9 Å². The molecule has 1 heterocycles. The summed E-state index contributed by atoms with van der Waals surface area (Å²) >= 11 is 0. The fraction of sp³-hybridized carbons (Fsp3) is 0.583. The summed E-state index contributed by atoms with van der Waals surface area (Å²) in [4.78, 5) is 13.6. The van der Waals surface area contributed by atoms with Crippen LogP contribution in [0.2, 0.25) is 0 Å². The molecule has 0 aromatic carbocycles. The molecule has 0 radical (unpaired) electrons. The highest BCUT2D eigenvalue weighted by Gasteiger charge is 2.34. The molecule has 0 aromatic heterocycles. The van der Waals surface area contributed by atoms with Gasteiger partial charge in [0.05, 0.1) is 0 Å². The molecule has 2 rings (SSSR count). The van der Waals surface area contributed by atoms with Gasteiger partial charge in [-0.2, -0.15) is 0 Å². The molecule has 2 aliphatic rings. The largest absolute Gasteiger partial charge is 0.339 e. The molecular formula is C12H17NO. The number of allylic oxidation sites excluding steroid dienone is 3. The average molecular weight is 191 g/mol. The first-order chi connectivity index (χ1) is 6.81. The van der Waals surface area contributed by atoms with Crippen molar-refractivity contribution in [3.63, 3.8) is 0 Å². The number of carbonyl (C=O) groups is 1. The van der Waals surface area contributed by atoms with Gasteiger partial charge in [0.15, 0.2) is 0 Å². The molecule has 14 heavy (non-hydrogen) atoms. The van der Waals surface area contributed by atoms with E-state index in [1.165, 1.54) is 0 Å². The first kappa shape index (κ1) is 9.50. The quantitative estimate of drug-likeness (QED) is 0.458. The Bertz CT molecular complexity index is 264. The zero-order valence-electron chi connectivity index (χ0n) is 8.65. The van der Waals surface area contributed by atoms with E-state index in [1.807, 2.05) is 17.9 Å². The molecule has 0 aromatic rings. The fourth-order valence-electron chi connectivity index (χ4n) is 2.44. The van der Waals surface area contributed by atoms with E-state index >= 15 is 0 Å². The minimum Gasteiger partial charge on any atom is -0.339 e. The summed E-state index contributed by atoms with van der Waals surface area (Å²) in [5, 5.41) is 0. The maximum atomic E-state index is 11.6. The van der Waals surface area contributed by atoms with Crippen molar-refractivity contribution in [1.82, 2.24) is 4.90 Å². The molecule has 2 unspecified atom stereocenters. The van der Waals surface area contributed by atoms with Gasteiger partial charge in [-0.3, -0.25) is 4.79 Å². The van der Waals surface area contributed by atoms with Crippen molar-refractivity contribution in [3.05, 3.63) is 24.3 Å². The van der Waals surface area contributed by atoms with Crippen molar-refractivity contribution in [2.75, 3.05) is 13.1 Å². The lowest BCUT2D eigenvalue weighted by Crippen LogP contribution is -2.27. The number of hydrogen-bond donors (Lipinski definition) is 0. The van der Waals surface area contributed by atoms with Crippen LogP contribution >= 0.6 is 0 Å². The summed E-state index contributed by atoms with van der Waals surface area (Å²) in [5.41, 5.74) is 0. The van der Waals surface area contributed by atoms with Gasteiger partial charge in [-0.15, -0.1) is 0 Å². The molecule has 2 nitrogen and oxygen atoms in total. The van der Waals surface area contributed by atoms with Gasteiger partial charge in [-0.1, -0.05) is 18.2 Å². The average Bonchev–Trinajstić information content (AvgIpc) is 2.61. The molecule has 0 saturated carbocycles. The Morgan fingerprint density at radius 3 is 2.36 bits per heavy atom. The zero-order chi connectivity index (χ0) is 9.97. The van der Waals surface area contributed by atoms with Crippen molar-refractivity contribution in [2.45, 2.75) is 19.8 Å². The lowest BCUT2D eigenvalue weighted by atomic mass is 9.86. The van der Waals surface area contributed by atoms with Gasteiger partial charge in [-0.25, -0.2) is 0 Å².